The summed E-state index contributed by atoms with van der Waals surface area (Å²) in [6.07, 6.45) is 3.48. The Morgan fingerprint density at radius 2 is 1.38 bits per heavy atom. The molecule has 0 N–H and O–H groups in total. The number of hydrogen-bond acceptors (Lipinski definition) is 3. The lowest BCUT2D eigenvalue weighted by atomic mass is 10.1. The number of aromatic nitrogens is 2. The first kappa shape index (κ1) is 15.9. The monoisotopic (exact) mass is 317 g/mol. The zero-order chi connectivity index (χ0) is 16.8. The SMILES string of the molecule is Cc1ccc(C(=O)N(Cc2ccccn2)Cc2ccccn2)cc1. The van der Waals surface area contributed by atoms with Crippen molar-refractivity contribution in [1.29, 1.82) is 0 Å². The molecule has 0 aliphatic heterocycles. The Morgan fingerprint density at radius 3 is 1.83 bits per heavy atom. The molecule has 0 aliphatic carbocycles. The molecule has 0 saturated heterocycles. The smallest absolute Gasteiger partial charge is 0.254 e. The number of rotatable bonds is 5. The first-order chi connectivity index (χ1) is 11.7. The van der Waals surface area contributed by atoms with E-state index in [4.69, 9.17) is 0 Å². The summed E-state index contributed by atoms with van der Waals surface area (Å²) in [5.41, 5.74) is 3.52. The molecular weight excluding hydrogens is 298 g/mol. The van der Waals surface area contributed by atoms with Crippen molar-refractivity contribution in [2.24, 2.45) is 0 Å². The molecule has 3 aromatic rings. The fraction of sp³-hybridized carbons (Fsp3) is 0.150. The van der Waals surface area contributed by atoms with E-state index in [1.165, 1.54) is 0 Å². The summed E-state index contributed by atoms with van der Waals surface area (Å²) in [5.74, 6) is -0.0219. The van der Waals surface area contributed by atoms with Crippen LogP contribution in [0.25, 0.3) is 0 Å². The lowest BCUT2D eigenvalue weighted by molar-refractivity contribution is 0.0725. The molecule has 0 atom stereocenters. The van der Waals surface area contributed by atoms with Crippen LogP contribution in [0.4, 0.5) is 0 Å². The van der Waals surface area contributed by atoms with E-state index in [0.717, 1.165) is 17.0 Å². The largest absolute Gasteiger partial charge is 0.327 e. The van der Waals surface area contributed by atoms with E-state index in [9.17, 15) is 4.79 Å². The van der Waals surface area contributed by atoms with Gasteiger partial charge in [-0.05, 0) is 43.3 Å². The van der Waals surface area contributed by atoms with E-state index in [2.05, 4.69) is 9.97 Å². The Labute approximate surface area is 141 Å². The number of carbonyl (C=O) groups is 1. The van der Waals surface area contributed by atoms with Crippen LogP contribution in [-0.4, -0.2) is 20.8 Å². The van der Waals surface area contributed by atoms with Crippen LogP contribution in [0.1, 0.15) is 27.3 Å². The molecular formula is C20H19N3O. The minimum atomic E-state index is -0.0219. The van der Waals surface area contributed by atoms with E-state index in [-0.39, 0.29) is 5.91 Å². The summed E-state index contributed by atoms with van der Waals surface area (Å²) in [6.45, 7) is 2.90. The Morgan fingerprint density at radius 1 is 0.833 bits per heavy atom. The van der Waals surface area contributed by atoms with Gasteiger partial charge in [-0.2, -0.15) is 0 Å². The molecule has 0 fully saturated rings. The summed E-state index contributed by atoms with van der Waals surface area (Å²) in [6, 6.07) is 19.1. The zero-order valence-electron chi connectivity index (χ0n) is 13.6. The van der Waals surface area contributed by atoms with Gasteiger partial charge in [-0.25, -0.2) is 0 Å². The molecule has 2 aromatic heterocycles. The van der Waals surface area contributed by atoms with Crippen molar-refractivity contribution in [1.82, 2.24) is 14.9 Å². The van der Waals surface area contributed by atoms with Crippen molar-refractivity contribution in [3.8, 4) is 0 Å². The second-order valence-electron chi connectivity index (χ2n) is 5.67. The third kappa shape index (κ3) is 4.04. The van der Waals surface area contributed by atoms with E-state index in [0.29, 0.717) is 18.7 Å². The maximum absolute atomic E-state index is 12.9. The first-order valence-corrected chi connectivity index (χ1v) is 7.88. The molecule has 3 rings (SSSR count). The highest BCUT2D eigenvalue weighted by atomic mass is 16.2. The number of hydrogen-bond donors (Lipinski definition) is 0. The van der Waals surface area contributed by atoms with Gasteiger partial charge in [0.1, 0.15) is 0 Å². The molecule has 0 unspecified atom stereocenters. The van der Waals surface area contributed by atoms with Crippen molar-refractivity contribution in [3.05, 3.63) is 95.6 Å². The third-order valence-electron chi connectivity index (χ3n) is 3.74. The maximum Gasteiger partial charge on any atom is 0.254 e. The van der Waals surface area contributed by atoms with Crippen LogP contribution < -0.4 is 0 Å². The van der Waals surface area contributed by atoms with Crippen LogP contribution in [0.3, 0.4) is 0 Å². The molecule has 0 saturated carbocycles. The molecule has 2 heterocycles. The Balaban J connectivity index is 1.85. The van der Waals surface area contributed by atoms with E-state index < -0.39 is 0 Å². The van der Waals surface area contributed by atoms with Crippen LogP contribution in [0, 0.1) is 6.92 Å². The summed E-state index contributed by atoms with van der Waals surface area (Å²) in [7, 11) is 0. The molecule has 1 aromatic carbocycles. The van der Waals surface area contributed by atoms with Crippen molar-refractivity contribution < 1.29 is 4.79 Å². The minimum absolute atomic E-state index is 0.0219. The van der Waals surface area contributed by atoms with E-state index in [1.54, 1.807) is 17.3 Å². The molecule has 24 heavy (non-hydrogen) atoms. The van der Waals surface area contributed by atoms with Crippen LogP contribution >= 0.6 is 0 Å². The zero-order valence-corrected chi connectivity index (χ0v) is 13.6. The predicted octanol–water partition coefficient (Wildman–Crippen LogP) is 3.63. The molecule has 0 spiro atoms. The molecule has 0 aliphatic rings. The van der Waals surface area contributed by atoms with Gasteiger partial charge >= 0.3 is 0 Å². The van der Waals surface area contributed by atoms with Gasteiger partial charge in [0.2, 0.25) is 0 Å². The van der Waals surface area contributed by atoms with E-state index in [1.807, 2.05) is 67.6 Å². The number of pyridine rings is 2. The second-order valence-corrected chi connectivity index (χ2v) is 5.67. The van der Waals surface area contributed by atoms with E-state index >= 15 is 0 Å². The summed E-state index contributed by atoms with van der Waals surface area (Å²) < 4.78 is 0. The van der Waals surface area contributed by atoms with Crippen LogP contribution in [0.2, 0.25) is 0 Å². The van der Waals surface area contributed by atoms with Gasteiger partial charge in [-0.15, -0.1) is 0 Å². The van der Waals surface area contributed by atoms with Gasteiger partial charge in [-0.3, -0.25) is 14.8 Å². The predicted molar refractivity (Wildman–Crippen MR) is 93.2 cm³/mol. The highest BCUT2D eigenvalue weighted by Crippen LogP contribution is 2.13. The van der Waals surface area contributed by atoms with Crippen LogP contribution in [0.15, 0.2) is 73.1 Å². The quantitative estimate of drug-likeness (QED) is 0.722. The van der Waals surface area contributed by atoms with Gasteiger partial charge < -0.3 is 4.90 Å². The molecule has 0 radical (unpaired) electrons. The maximum atomic E-state index is 12.9. The van der Waals surface area contributed by atoms with Gasteiger partial charge in [0, 0.05) is 18.0 Å². The highest BCUT2D eigenvalue weighted by Gasteiger charge is 2.17. The number of aryl methyl sites for hydroxylation is 1. The molecule has 4 nitrogen and oxygen atoms in total. The summed E-state index contributed by atoms with van der Waals surface area (Å²) in [5, 5.41) is 0. The first-order valence-electron chi connectivity index (χ1n) is 7.88. The van der Waals surface area contributed by atoms with Gasteiger partial charge in [-0.1, -0.05) is 29.8 Å². The average molecular weight is 317 g/mol. The Kier molecular flexibility index (Phi) is 4.96. The topological polar surface area (TPSA) is 46.1 Å². The van der Waals surface area contributed by atoms with Gasteiger partial charge in [0.05, 0.1) is 24.5 Å². The molecule has 0 bridgehead atoms. The number of carbonyl (C=O) groups excluding carboxylic acids is 1. The van der Waals surface area contributed by atoms with Gasteiger partial charge in [0.25, 0.3) is 5.91 Å². The standard InChI is InChI=1S/C20H19N3O/c1-16-8-10-17(11-9-16)20(24)23(14-18-6-2-4-12-21-18)15-19-7-3-5-13-22-19/h2-13H,14-15H2,1H3. The second kappa shape index (κ2) is 7.51. The highest BCUT2D eigenvalue weighted by molar-refractivity contribution is 5.94. The van der Waals surface area contributed by atoms with Gasteiger partial charge in [0.15, 0.2) is 0 Å². The number of benzene rings is 1. The van der Waals surface area contributed by atoms with Crippen molar-refractivity contribution >= 4 is 5.91 Å². The van der Waals surface area contributed by atoms with Crippen molar-refractivity contribution in [2.75, 3.05) is 0 Å². The summed E-state index contributed by atoms with van der Waals surface area (Å²) >= 11 is 0. The fourth-order valence-electron chi connectivity index (χ4n) is 2.45. The lowest BCUT2D eigenvalue weighted by Crippen LogP contribution is -2.30. The van der Waals surface area contributed by atoms with Crippen LogP contribution in [-0.2, 0) is 13.1 Å². The summed E-state index contributed by atoms with van der Waals surface area (Å²) in [4.78, 5) is 23.4. The number of amides is 1. The minimum Gasteiger partial charge on any atom is -0.327 e. The van der Waals surface area contributed by atoms with Crippen molar-refractivity contribution in [3.63, 3.8) is 0 Å². The lowest BCUT2D eigenvalue weighted by Gasteiger charge is -2.22. The Hall–Kier alpha value is -3.01. The normalized spacial score (nSPS) is 10.4. The van der Waals surface area contributed by atoms with Crippen molar-refractivity contribution in [2.45, 2.75) is 20.0 Å². The number of nitrogens with zero attached hydrogens (tertiary/aromatic N) is 3. The molecule has 1 amide bonds. The average Bonchev–Trinajstić information content (AvgIpc) is 2.63. The third-order valence-corrected chi connectivity index (χ3v) is 3.74. The fourth-order valence-corrected chi connectivity index (χ4v) is 2.45. The van der Waals surface area contributed by atoms with Crippen LogP contribution in [0.5, 0.6) is 0 Å². The molecule has 4 heteroatoms. The molecule has 120 valence electrons. The Bertz CT molecular complexity index is 745.